The summed E-state index contributed by atoms with van der Waals surface area (Å²) >= 11 is 24.7. The van der Waals surface area contributed by atoms with E-state index in [1.807, 2.05) is 18.2 Å². The van der Waals surface area contributed by atoms with Gasteiger partial charge in [0.05, 0.1) is 17.5 Å². The number of alkyl halides is 1. The van der Waals surface area contributed by atoms with Crippen molar-refractivity contribution in [3.05, 3.63) is 59.5 Å². The molecular formula is C14H9BrCl3IO. The summed E-state index contributed by atoms with van der Waals surface area (Å²) in [6.45, 7) is 0. The van der Waals surface area contributed by atoms with E-state index in [-0.39, 0.29) is 0 Å². The quantitative estimate of drug-likeness (QED) is 0.333. The second-order valence-electron chi connectivity index (χ2n) is 4.04. The van der Waals surface area contributed by atoms with Gasteiger partial charge in [0, 0.05) is 19.1 Å². The van der Waals surface area contributed by atoms with Crippen molar-refractivity contribution in [1.29, 1.82) is 0 Å². The highest BCUT2D eigenvalue weighted by Crippen LogP contribution is 2.41. The predicted octanol–water partition coefficient (Wildman–Crippen LogP) is 6.70. The Morgan fingerprint density at radius 1 is 1.10 bits per heavy atom. The largest absolute Gasteiger partial charge is 0.495 e. The van der Waals surface area contributed by atoms with E-state index >= 15 is 0 Å². The van der Waals surface area contributed by atoms with Crippen molar-refractivity contribution in [2.75, 3.05) is 7.11 Å². The lowest BCUT2D eigenvalue weighted by Crippen LogP contribution is -1.98. The van der Waals surface area contributed by atoms with Gasteiger partial charge in [-0.25, -0.2) is 0 Å². The molecule has 0 aliphatic heterocycles. The lowest BCUT2D eigenvalue weighted by atomic mass is 10.0. The van der Waals surface area contributed by atoms with Crippen LogP contribution in [0.15, 0.2) is 34.8 Å². The topological polar surface area (TPSA) is 9.23 Å². The summed E-state index contributed by atoms with van der Waals surface area (Å²) in [4.78, 5) is 0. The third-order valence-corrected chi connectivity index (χ3v) is 5.26. The van der Waals surface area contributed by atoms with Crippen molar-refractivity contribution in [1.82, 2.24) is 0 Å². The van der Waals surface area contributed by atoms with Gasteiger partial charge in [-0.1, -0.05) is 39.1 Å². The summed E-state index contributed by atoms with van der Waals surface area (Å²) in [5.41, 5.74) is 1.70. The number of halogens is 5. The first kappa shape index (κ1) is 16.7. The summed E-state index contributed by atoms with van der Waals surface area (Å²) in [5.74, 6) is 0.533. The van der Waals surface area contributed by atoms with Crippen molar-refractivity contribution < 1.29 is 4.74 Å². The number of hydrogen-bond donors (Lipinski definition) is 0. The minimum atomic E-state index is -0.394. The molecular weight excluding hydrogens is 497 g/mol. The third kappa shape index (κ3) is 3.55. The van der Waals surface area contributed by atoms with Crippen LogP contribution in [-0.2, 0) is 0 Å². The number of rotatable bonds is 3. The molecule has 2 aromatic carbocycles. The van der Waals surface area contributed by atoms with E-state index < -0.39 is 5.38 Å². The summed E-state index contributed by atoms with van der Waals surface area (Å²) in [6.07, 6.45) is 0. The Labute approximate surface area is 154 Å². The van der Waals surface area contributed by atoms with Crippen LogP contribution in [0.25, 0.3) is 0 Å². The molecule has 1 nitrogen and oxygen atoms in total. The van der Waals surface area contributed by atoms with Crippen molar-refractivity contribution in [2.24, 2.45) is 0 Å². The fourth-order valence-corrected chi connectivity index (χ4v) is 3.82. The standard InChI is InChI=1S/C14H9BrCl3IO/c1-20-13-6-11(16)9(5-12(13)17)14(18)8-4-7(19)2-3-10(8)15/h2-6,14H,1H3. The van der Waals surface area contributed by atoms with E-state index in [2.05, 4.69) is 38.5 Å². The fraction of sp³-hybridized carbons (Fsp3) is 0.143. The second-order valence-corrected chi connectivity index (χ2v) is 7.39. The van der Waals surface area contributed by atoms with Gasteiger partial charge in [0.1, 0.15) is 5.75 Å². The number of methoxy groups -OCH3 is 1. The van der Waals surface area contributed by atoms with Crippen LogP contribution >= 0.6 is 73.3 Å². The number of hydrogen-bond acceptors (Lipinski definition) is 1. The summed E-state index contributed by atoms with van der Waals surface area (Å²) in [7, 11) is 1.55. The van der Waals surface area contributed by atoms with Crippen molar-refractivity contribution >= 4 is 73.3 Å². The van der Waals surface area contributed by atoms with Gasteiger partial charge in [-0.3, -0.25) is 0 Å². The van der Waals surface area contributed by atoms with Gasteiger partial charge in [0.2, 0.25) is 0 Å². The zero-order valence-corrected chi connectivity index (χ0v) is 16.3. The fourth-order valence-electron chi connectivity index (χ4n) is 1.77. The maximum Gasteiger partial charge on any atom is 0.138 e. The first-order chi connectivity index (χ1) is 9.43. The molecule has 2 rings (SSSR count). The monoisotopic (exact) mass is 504 g/mol. The molecule has 0 fully saturated rings. The lowest BCUT2D eigenvalue weighted by molar-refractivity contribution is 0.415. The molecule has 0 heterocycles. The second kappa shape index (κ2) is 7.05. The highest BCUT2D eigenvalue weighted by atomic mass is 127. The van der Waals surface area contributed by atoms with E-state index in [0.29, 0.717) is 15.8 Å². The molecule has 0 spiro atoms. The lowest BCUT2D eigenvalue weighted by Gasteiger charge is -2.16. The third-order valence-electron chi connectivity index (χ3n) is 2.78. The predicted molar refractivity (Wildman–Crippen MR) is 97.6 cm³/mol. The Hall–Kier alpha value is 0.320. The summed E-state index contributed by atoms with van der Waals surface area (Å²) in [6, 6.07) is 9.39. The normalized spacial score (nSPS) is 12.3. The van der Waals surface area contributed by atoms with Crippen LogP contribution in [0.3, 0.4) is 0 Å². The summed E-state index contributed by atoms with van der Waals surface area (Å²) < 4.78 is 7.17. The minimum Gasteiger partial charge on any atom is -0.495 e. The Morgan fingerprint density at radius 2 is 1.80 bits per heavy atom. The molecule has 106 valence electrons. The SMILES string of the molecule is COc1cc(Cl)c(C(Cl)c2cc(I)ccc2Br)cc1Cl. The first-order valence-corrected chi connectivity index (χ1v) is 8.62. The van der Waals surface area contributed by atoms with E-state index in [0.717, 1.165) is 19.2 Å². The van der Waals surface area contributed by atoms with Crippen LogP contribution < -0.4 is 4.74 Å². The maximum absolute atomic E-state index is 6.56. The van der Waals surface area contributed by atoms with Crippen molar-refractivity contribution in [2.45, 2.75) is 5.38 Å². The molecule has 0 bridgehead atoms. The smallest absolute Gasteiger partial charge is 0.138 e. The van der Waals surface area contributed by atoms with Gasteiger partial charge in [-0.15, -0.1) is 11.6 Å². The maximum atomic E-state index is 6.56. The van der Waals surface area contributed by atoms with Gasteiger partial charge >= 0.3 is 0 Å². The van der Waals surface area contributed by atoms with E-state index in [4.69, 9.17) is 39.5 Å². The molecule has 2 aromatic rings. The highest BCUT2D eigenvalue weighted by Gasteiger charge is 2.19. The molecule has 0 N–H and O–H groups in total. The number of ether oxygens (including phenoxy) is 1. The molecule has 0 radical (unpaired) electrons. The van der Waals surface area contributed by atoms with Gasteiger partial charge in [-0.2, -0.15) is 0 Å². The zero-order chi connectivity index (χ0) is 14.9. The Kier molecular flexibility index (Phi) is 5.88. The van der Waals surface area contributed by atoms with Crippen LogP contribution in [0.2, 0.25) is 10.0 Å². The molecule has 6 heteroatoms. The van der Waals surface area contributed by atoms with Crippen LogP contribution in [-0.4, -0.2) is 7.11 Å². The van der Waals surface area contributed by atoms with Gasteiger partial charge in [-0.05, 0) is 58.0 Å². The Bertz CT molecular complexity index is 649. The highest BCUT2D eigenvalue weighted by molar-refractivity contribution is 14.1. The molecule has 0 amide bonds. The van der Waals surface area contributed by atoms with Crippen molar-refractivity contribution in [3.8, 4) is 5.75 Å². The van der Waals surface area contributed by atoms with Gasteiger partial charge in [0.15, 0.2) is 0 Å². The van der Waals surface area contributed by atoms with Crippen LogP contribution in [0.4, 0.5) is 0 Å². The van der Waals surface area contributed by atoms with E-state index in [1.165, 1.54) is 0 Å². The van der Waals surface area contributed by atoms with Crippen LogP contribution in [0.5, 0.6) is 5.75 Å². The van der Waals surface area contributed by atoms with Crippen LogP contribution in [0.1, 0.15) is 16.5 Å². The zero-order valence-electron chi connectivity index (χ0n) is 10.3. The molecule has 1 unspecified atom stereocenters. The molecule has 1 atom stereocenters. The minimum absolute atomic E-state index is 0.394. The Balaban J connectivity index is 2.50. The summed E-state index contributed by atoms with van der Waals surface area (Å²) in [5, 5.41) is 0.617. The Morgan fingerprint density at radius 3 is 2.45 bits per heavy atom. The first-order valence-electron chi connectivity index (χ1n) is 5.56. The van der Waals surface area contributed by atoms with Gasteiger partial charge in [0.25, 0.3) is 0 Å². The molecule has 0 saturated heterocycles. The molecule has 0 aromatic heterocycles. The van der Waals surface area contributed by atoms with E-state index in [1.54, 1.807) is 19.2 Å². The van der Waals surface area contributed by atoms with E-state index in [9.17, 15) is 0 Å². The molecule has 20 heavy (non-hydrogen) atoms. The average Bonchev–Trinajstić information content (AvgIpc) is 2.42. The molecule has 0 aliphatic carbocycles. The van der Waals surface area contributed by atoms with Crippen molar-refractivity contribution in [3.63, 3.8) is 0 Å². The van der Waals surface area contributed by atoms with Crippen LogP contribution in [0, 0.1) is 3.57 Å². The molecule has 0 saturated carbocycles. The average molecular weight is 506 g/mol. The molecule has 0 aliphatic rings. The van der Waals surface area contributed by atoms with Gasteiger partial charge < -0.3 is 4.74 Å². The number of benzene rings is 2.